The maximum absolute atomic E-state index is 11.5. The Morgan fingerprint density at radius 1 is 1.79 bits per heavy atom. The largest absolute Gasteiger partial charge is 0.378 e. The van der Waals surface area contributed by atoms with Crippen molar-refractivity contribution in [2.24, 2.45) is 0 Å². The minimum Gasteiger partial charge on any atom is -0.378 e. The van der Waals surface area contributed by atoms with Crippen molar-refractivity contribution in [2.45, 2.75) is 6.04 Å². The zero-order valence-corrected chi connectivity index (χ0v) is 9.84. The van der Waals surface area contributed by atoms with Gasteiger partial charge < -0.3 is 10.1 Å². The van der Waals surface area contributed by atoms with E-state index in [2.05, 4.69) is 32.7 Å². The van der Waals surface area contributed by atoms with Crippen molar-refractivity contribution in [1.29, 1.82) is 0 Å². The maximum Gasteiger partial charge on any atom is 0.239 e. The molecule has 1 saturated heterocycles. The van der Waals surface area contributed by atoms with Crippen LogP contribution in [0.5, 0.6) is 0 Å². The number of halogens is 1. The van der Waals surface area contributed by atoms with Crippen molar-refractivity contribution in [3.05, 3.63) is 11.1 Å². The number of ether oxygens (including phenoxy) is 1. The summed E-state index contributed by atoms with van der Waals surface area (Å²) < 4.78 is 6.15. The fourth-order valence-corrected chi connectivity index (χ4v) is 1.78. The molecule has 0 bridgehead atoms. The summed E-state index contributed by atoms with van der Waals surface area (Å²) in [5.41, 5.74) is 0. The van der Waals surface area contributed by atoms with Crippen LogP contribution in [0.15, 0.2) is 11.1 Å². The molecule has 0 aromatic heterocycles. The average Bonchev–Trinajstić information content (AvgIpc) is 2.16. The van der Waals surface area contributed by atoms with E-state index in [0.717, 1.165) is 11.0 Å². The molecule has 4 nitrogen and oxygen atoms in total. The molecule has 1 rings (SSSR count). The van der Waals surface area contributed by atoms with Gasteiger partial charge in [0.05, 0.1) is 13.2 Å². The number of rotatable bonds is 3. The highest BCUT2D eigenvalue weighted by atomic mass is 79.9. The van der Waals surface area contributed by atoms with Gasteiger partial charge in [0.25, 0.3) is 0 Å². The molecule has 0 saturated carbocycles. The van der Waals surface area contributed by atoms with Gasteiger partial charge in [0.1, 0.15) is 6.04 Å². The molecular weight excluding hydrogens is 248 g/mol. The Morgan fingerprint density at radius 3 is 3.07 bits per heavy atom. The van der Waals surface area contributed by atoms with Crippen LogP contribution in [0, 0.1) is 0 Å². The van der Waals surface area contributed by atoms with Gasteiger partial charge in [0, 0.05) is 24.6 Å². The average molecular weight is 263 g/mol. The Labute approximate surface area is 92.4 Å². The van der Waals surface area contributed by atoms with Crippen LogP contribution in [0.4, 0.5) is 0 Å². The van der Waals surface area contributed by atoms with Crippen LogP contribution in [-0.4, -0.2) is 50.2 Å². The molecule has 0 radical (unpaired) electrons. The standard InChI is InChI=1S/C9H15BrN2O2/c1-7(10)5-12-3-4-14-6-8(12)9(13)11-2/h8H,1,3-6H2,2H3,(H,11,13). The van der Waals surface area contributed by atoms with E-state index in [4.69, 9.17) is 4.74 Å². The van der Waals surface area contributed by atoms with Crippen LogP contribution in [0.1, 0.15) is 0 Å². The summed E-state index contributed by atoms with van der Waals surface area (Å²) in [4.78, 5) is 13.5. The maximum atomic E-state index is 11.5. The number of nitrogens with one attached hydrogen (secondary N) is 1. The highest BCUT2D eigenvalue weighted by molar-refractivity contribution is 9.11. The summed E-state index contributed by atoms with van der Waals surface area (Å²) in [5, 5.41) is 2.63. The highest BCUT2D eigenvalue weighted by Gasteiger charge is 2.28. The molecule has 1 aliphatic rings. The van der Waals surface area contributed by atoms with E-state index in [0.29, 0.717) is 19.8 Å². The normalized spacial score (nSPS) is 23.1. The van der Waals surface area contributed by atoms with Gasteiger partial charge in [-0.05, 0) is 0 Å². The number of amides is 1. The Balaban J connectivity index is 2.58. The van der Waals surface area contributed by atoms with Crippen molar-refractivity contribution in [3.8, 4) is 0 Å². The number of carbonyl (C=O) groups is 1. The molecule has 14 heavy (non-hydrogen) atoms. The monoisotopic (exact) mass is 262 g/mol. The predicted octanol–water partition coefficient (Wildman–Crippen LogP) is 0.342. The first-order valence-electron chi connectivity index (χ1n) is 4.52. The zero-order valence-electron chi connectivity index (χ0n) is 8.25. The zero-order chi connectivity index (χ0) is 10.6. The summed E-state index contributed by atoms with van der Waals surface area (Å²) in [6.07, 6.45) is 0. The lowest BCUT2D eigenvalue weighted by Gasteiger charge is -2.33. The third-order valence-electron chi connectivity index (χ3n) is 2.16. The third kappa shape index (κ3) is 3.08. The fraction of sp³-hybridized carbons (Fsp3) is 0.667. The van der Waals surface area contributed by atoms with Crippen LogP contribution in [0.3, 0.4) is 0 Å². The van der Waals surface area contributed by atoms with Gasteiger partial charge in [-0.3, -0.25) is 9.69 Å². The molecule has 0 aliphatic carbocycles. The lowest BCUT2D eigenvalue weighted by Crippen LogP contribution is -2.53. The van der Waals surface area contributed by atoms with Crippen molar-refractivity contribution in [3.63, 3.8) is 0 Å². The Bertz CT molecular complexity index is 233. The molecule has 1 fully saturated rings. The molecule has 0 aromatic carbocycles. The molecule has 1 aliphatic heterocycles. The van der Waals surface area contributed by atoms with Gasteiger partial charge in [-0.1, -0.05) is 22.5 Å². The van der Waals surface area contributed by atoms with Gasteiger partial charge in [-0.25, -0.2) is 0 Å². The molecule has 0 spiro atoms. The molecule has 1 atom stereocenters. The number of likely N-dealkylation sites (N-methyl/N-ethyl adjacent to an activating group) is 1. The number of carbonyl (C=O) groups excluding carboxylic acids is 1. The summed E-state index contributed by atoms with van der Waals surface area (Å²) in [7, 11) is 1.64. The fourth-order valence-electron chi connectivity index (χ4n) is 1.46. The minimum atomic E-state index is -0.192. The van der Waals surface area contributed by atoms with Crippen LogP contribution >= 0.6 is 15.9 Å². The van der Waals surface area contributed by atoms with Gasteiger partial charge >= 0.3 is 0 Å². The summed E-state index contributed by atoms with van der Waals surface area (Å²) in [6, 6.07) is -0.192. The molecular formula is C9H15BrN2O2. The van der Waals surface area contributed by atoms with Gasteiger partial charge in [0.2, 0.25) is 5.91 Å². The number of hydrogen-bond donors (Lipinski definition) is 1. The lowest BCUT2D eigenvalue weighted by molar-refractivity contribution is -0.131. The molecule has 80 valence electrons. The van der Waals surface area contributed by atoms with E-state index in [-0.39, 0.29) is 11.9 Å². The molecule has 0 aromatic rings. The summed E-state index contributed by atoms with van der Waals surface area (Å²) >= 11 is 3.30. The molecule has 1 heterocycles. The second-order valence-corrected chi connectivity index (χ2v) is 4.31. The number of hydrogen-bond acceptors (Lipinski definition) is 3. The molecule has 5 heteroatoms. The van der Waals surface area contributed by atoms with Crippen LogP contribution in [0.2, 0.25) is 0 Å². The van der Waals surface area contributed by atoms with E-state index in [1.165, 1.54) is 0 Å². The summed E-state index contributed by atoms with van der Waals surface area (Å²) in [6.45, 7) is 6.35. The van der Waals surface area contributed by atoms with E-state index < -0.39 is 0 Å². The Kier molecular flexibility index (Phi) is 4.57. The smallest absolute Gasteiger partial charge is 0.239 e. The number of nitrogens with zero attached hydrogens (tertiary/aromatic N) is 1. The first-order chi connectivity index (χ1) is 6.65. The molecule has 1 N–H and O–H groups in total. The summed E-state index contributed by atoms with van der Waals surface area (Å²) in [5.74, 6) is -0.00144. The predicted molar refractivity (Wildman–Crippen MR) is 58.3 cm³/mol. The first-order valence-corrected chi connectivity index (χ1v) is 5.31. The van der Waals surface area contributed by atoms with Crippen molar-refractivity contribution in [2.75, 3.05) is 33.4 Å². The van der Waals surface area contributed by atoms with E-state index in [9.17, 15) is 4.79 Å². The topological polar surface area (TPSA) is 41.6 Å². The highest BCUT2D eigenvalue weighted by Crippen LogP contribution is 2.12. The van der Waals surface area contributed by atoms with Gasteiger partial charge in [-0.15, -0.1) is 0 Å². The van der Waals surface area contributed by atoms with E-state index >= 15 is 0 Å². The second kappa shape index (κ2) is 5.48. The van der Waals surface area contributed by atoms with Crippen LogP contribution in [0.25, 0.3) is 0 Å². The van der Waals surface area contributed by atoms with Crippen LogP contribution < -0.4 is 5.32 Å². The molecule has 1 unspecified atom stereocenters. The second-order valence-electron chi connectivity index (χ2n) is 3.19. The minimum absolute atomic E-state index is 0.00144. The SMILES string of the molecule is C=C(Br)CN1CCOCC1C(=O)NC. The first kappa shape index (κ1) is 11.7. The van der Waals surface area contributed by atoms with E-state index in [1.807, 2.05) is 0 Å². The lowest BCUT2D eigenvalue weighted by atomic mass is 10.2. The van der Waals surface area contributed by atoms with Crippen LogP contribution in [-0.2, 0) is 9.53 Å². The number of morpholine rings is 1. The third-order valence-corrected chi connectivity index (χ3v) is 2.41. The Morgan fingerprint density at radius 2 is 2.50 bits per heavy atom. The molecule has 1 amide bonds. The van der Waals surface area contributed by atoms with E-state index in [1.54, 1.807) is 7.05 Å². The van der Waals surface area contributed by atoms with Gasteiger partial charge in [0.15, 0.2) is 0 Å². The quantitative estimate of drug-likeness (QED) is 0.798. The Hall–Kier alpha value is -0.390. The van der Waals surface area contributed by atoms with Gasteiger partial charge in [-0.2, -0.15) is 0 Å². The van der Waals surface area contributed by atoms with Crippen molar-refractivity contribution < 1.29 is 9.53 Å². The van der Waals surface area contributed by atoms with Crippen molar-refractivity contribution in [1.82, 2.24) is 10.2 Å². The van der Waals surface area contributed by atoms with Crippen molar-refractivity contribution >= 4 is 21.8 Å².